The van der Waals surface area contributed by atoms with Gasteiger partial charge in [0.15, 0.2) is 0 Å². The summed E-state index contributed by atoms with van der Waals surface area (Å²) in [6.07, 6.45) is 0. The van der Waals surface area contributed by atoms with Gasteiger partial charge in [0.1, 0.15) is 0 Å². The van der Waals surface area contributed by atoms with Gasteiger partial charge in [0.05, 0.1) is 6.04 Å². The molecular weight excluding hydrogens is 218 g/mol. The van der Waals surface area contributed by atoms with Gasteiger partial charge in [-0.25, -0.2) is 0 Å². The fourth-order valence-corrected chi connectivity index (χ4v) is 3.92. The quantitative estimate of drug-likeness (QED) is 0.720. The van der Waals surface area contributed by atoms with Crippen LogP contribution in [0.15, 0.2) is 48.5 Å². The molecule has 2 aromatic rings. The van der Waals surface area contributed by atoms with Crippen molar-refractivity contribution in [2.24, 2.45) is 0 Å². The minimum Gasteiger partial charge on any atom is -0.377 e. The molecular formula is C17H17N. The molecule has 1 nitrogen and oxygen atoms in total. The van der Waals surface area contributed by atoms with Crippen molar-refractivity contribution >= 4 is 5.69 Å². The minimum absolute atomic E-state index is 0.209. The maximum Gasteiger partial charge on any atom is 0.0594 e. The number of para-hydroxylation sites is 1. The van der Waals surface area contributed by atoms with Crippen molar-refractivity contribution in [3.8, 4) is 0 Å². The average Bonchev–Trinajstić information content (AvgIpc) is 2.86. The van der Waals surface area contributed by atoms with Crippen LogP contribution in [0.25, 0.3) is 0 Å². The number of anilines is 1. The van der Waals surface area contributed by atoms with Gasteiger partial charge in [-0.15, -0.1) is 0 Å². The molecule has 0 unspecified atom stereocenters. The molecule has 2 aromatic carbocycles. The van der Waals surface area contributed by atoms with E-state index in [4.69, 9.17) is 0 Å². The average molecular weight is 235 g/mol. The maximum absolute atomic E-state index is 3.71. The molecule has 0 amide bonds. The molecule has 1 N–H and O–H groups in total. The van der Waals surface area contributed by atoms with E-state index in [1.807, 2.05) is 0 Å². The van der Waals surface area contributed by atoms with Gasteiger partial charge in [-0.2, -0.15) is 0 Å². The van der Waals surface area contributed by atoms with Crippen LogP contribution in [-0.2, 0) is 5.41 Å². The molecule has 90 valence electrons. The monoisotopic (exact) mass is 235 g/mol. The van der Waals surface area contributed by atoms with E-state index in [9.17, 15) is 0 Å². The van der Waals surface area contributed by atoms with Crippen LogP contribution in [0.1, 0.15) is 42.5 Å². The normalized spacial score (nSPS) is 26.1. The summed E-state index contributed by atoms with van der Waals surface area (Å²) in [4.78, 5) is 0. The standard InChI is InChI=1S/C17H17N/c1-17(2)13-9-5-3-7-11(13)16-15(17)12-8-4-6-10-14(12)18-16/h3-10,15-16,18H,1-2H3/t15-,16-/m0/s1. The van der Waals surface area contributed by atoms with Gasteiger partial charge in [0.2, 0.25) is 0 Å². The summed E-state index contributed by atoms with van der Waals surface area (Å²) in [6.45, 7) is 4.75. The molecule has 1 heterocycles. The molecule has 0 saturated heterocycles. The third-order valence-electron chi connectivity index (χ3n) is 4.71. The molecule has 0 aromatic heterocycles. The first-order chi connectivity index (χ1) is 8.69. The molecule has 0 fully saturated rings. The zero-order chi connectivity index (χ0) is 12.3. The number of hydrogen-bond donors (Lipinski definition) is 1. The molecule has 0 radical (unpaired) electrons. The Morgan fingerprint density at radius 1 is 0.889 bits per heavy atom. The lowest BCUT2D eigenvalue weighted by Gasteiger charge is -2.27. The molecule has 18 heavy (non-hydrogen) atoms. The Kier molecular flexibility index (Phi) is 1.79. The van der Waals surface area contributed by atoms with Crippen LogP contribution in [0, 0.1) is 0 Å². The van der Waals surface area contributed by atoms with Crippen molar-refractivity contribution in [1.82, 2.24) is 0 Å². The van der Waals surface area contributed by atoms with E-state index >= 15 is 0 Å². The maximum atomic E-state index is 3.71. The van der Waals surface area contributed by atoms with Crippen LogP contribution in [-0.4, -0.2) is 0 Å². The van der Waals surface area contributed by atoms with Gasteiger partial charge < -0.3 is 5.32 Å². The minimum atomic E-state index is 0.209. The molecule has 2 atom stereocenters. The summed E-state index contributed by atoms with van der Waals surface area (Å²) in [5.74, 6) is 0.561. The SMILES string of the molecule is CC1(C)c2ccccc2[C@@H]2Nc3ccccc3[C@@H]21. The summed E-state index contributed by atoms with van der Waals surface area (Å²) in [5.41, 5.74) is 5.98. The zero-order valence-electron chi connectivity index (χ0n) is 10.8. The molecule has 1 aliphatic carbocycles. The fraction of sp³-hybridized carbons (Fsp3) is 0.294. The summed E-state index contributed by atoms with van der Waals surface area (Å²) in [6, 6.07) is 18.1. The zero-order valence-corrected chi connectivity index (χ0v) is 10.8. The van der Waals surface area contributed by atoms with Crippen molar-refractivity contribution in [1.29, 1.82) is 0 Å². The van der Waals surface area contributed by atoms with Crippen LogP contribution >= 0.6 is 0 Å². The van der Waals surface area contributed by atoms with Gasteiger partial charge in [-0.05, 0) is 28.2 Å². The summed E-state index contributed by atoms with van der Waals surface area (Å²) >= 11 is 0. The molecule has 2 aliphatic rings. The highest BCUT2D eigenvalue weighted by Gasteiger charge is 2.50. The van der Waals surface area contributed by atoms with E-state index in [1.54, 1.807) is 0 Å². The lowest BCUT2D eigenvalue weighted by atomic mass is 9.75. The second kappa shape index (κ2) is 3.17. The van der Waals surface area contributed by atoms with Gasteiger partial charge in [-0.3, -0.25) is 0 Å². The van der Waals surface area contributed by atoms with Crippen LogP contribution in [0.4, 0.5) is 5.69 Å². The van der Waals surface area contributed by atoms with Crippen molar-refractivity contribution in [2.45, 2.75) is 31.2 Å². The van der Waals surface area contributed by atoms with Gasteiger partial charge in [0.25, 0.3) is 0 Å². The van der Waals surface area contributed by atoms with E-state index < -0.39 is 0 Å². The third-order valence-corrected chi connectivity index (χ3v) is 4.71. The number of fused-ring (bicyclic) bond motifs is 5. The van der Waals surface area contributed by atoms with Gasteiger partial charge in [-0.1, -0.05) is 56.3 Å². The van der Waals surface area contributed by atoms with Crippen molar-refractivity contribution in [3.05, 3.63) is 65.2 Å². The summed E-state index contributed by atoms with van der Waals surface area (Å²) in [7, 11) is 0. The highest BCUT2D eigenvalue weighted by Crippen LogP contribution is 2.60. The lowest BCUT2D eigenvalue weighted by Crippen LogP contribution is -2.22. The first-order valence-electron chi connectivity index (χ1n) is 6.64. The Morgan fingerprint density at radius 2 is 1.56 bits per heavy atom. The van der Waals surface area contributed by atoms with E-state index in [-0.39, 0.29) is 5.41 Å². The van der Waals surface area contributed by atoms with Crippen molar-refractivity contribution in [2.75, 3.05) is 5.32 Å². The smallest absolute Gasteiger partial charge is 0.0594 e. The van der Waals surface area contributed by atoms with Gasteiger partial charge in [0, 0.05) is 11.6 Å². The largest absolute Gasteiger partial charge is 0.377 e. The Morgan fingerprint density at radius 3 is 2.39 bits per heavy atom. The molecule has 0 spiro atoms. The van der Waals surface area contributed by atoms with Gasteiger partial charge >= 0.3 is 0 Å². The third kappa shape index (κ3) is 1.07. The van der Waals surface area contributed by atoms with Crippen molar-refractivity contribution in [3.63, 3.8) is 0 Å². The second-order valence-corrected chi connectivity index (χ2v) is 6.00. The molecule has 0 bridgehead atoms. The van der Waals surface area contributed by atoms with Crippen LogP contribution in [0.3, 0.4) is 0 Å². The van der Waals surface area contributed by atoms with Crippen molar-refractivity contribution < 1.29 is 0 Å². The Hall–Kier alpha value is -1.76. The summed E-state index contributed by atoms with van der Waals surface area (Å²) in [5, 5.41) is 3.71. The van der Waals surface area contributed by atoms with Crippen LogP contribution in [0.5, 0.6) is 0 Å². The number of benzene rings is 2. The topological polar surface area (TPSA) is 12.0 Å². The molecule has 1 aliphatic heterocycles. The van der Waals surface area contributed by atoms with E-state index in [1.165, 1.54) is 22.4 Å². The predicted molar refractivity (Wildman–Crippen MR) is 75.0 cm³/mol. The van der Waals surface area contributed by atoms with E-state index in [0.29, 0.717) is 12.0 Å². The highest BCUT2D eigenvalue weighted by atomic mass is 15.0. The van der Waals surface area contributed by atoms with Crippen LogP contribution < -0.4 is 5.32 Å². The van der Waals surface area contributed by atoms with E-state index in [2.05, 4.69) is 67.7 Å². The molecule has 0 saturated carbocycles. The second-order valence-electron chi connectivity index (χ2n) is 6.00. The Bertz CT molecular complexity index is 627. The van der Waals surface area contributed by atoms with Crippen LogP contribution in [0.2, 0.25) is 0 Å². The number of rotatable bonds is 0. The lowest BCUT2D eigenvalue weighted by molar-refractivity contribution is 0.431. The Balaban J connectivity index is 1.97. The van der Waals surface area contributed by atoms with E-state index in [0.717, 1.165) is 0 Å². The summed E-state index contributed by atoms with van der Waals surface area (Å²) < 4.78 is 0. The fourth-order valence-electron chi connectivity index (χ4n) is 3.92. The highest BCUT2D eigenvalue weighted by molar-refractivity contribution is 5.66. The Labute approximate surface area is 108 Å². The number of hydrogen-bond acceptors (Lipinski definition) is 1. The molecule has 1 heteroatoms. The first kappa shape index (κ1) is 10.2. The first-order valence-corrected chi connectivity index (χ1v) is 6.64. The predicted octanol–water partition coefficient (Wildman–Crippen LogP) is 4.23. The molecule has 4 rings (SSSR count). The number of nitrogens with one attached hydrogen (secondary N) is 1.